The molecule has 2 rings (SSSR count). The minimum Gasteiger partial charge on any atom is -0.384 e. The number of hydrogen-bond donors (Lipinski definition) is 1. The van der Waals surface area contributed by atoms with Gasteiger partial charge in [-0.15, -0.1) is 0 Å². The van der Waals surface area contributed by atoms with Crippen molar-refractivity contribution in [3.8, 4) is 0 Å². The Hall–Kier alpha value is -1.70. The normalized spacial score (nSPS) is 18.9. The highest BCUT2D eigenvalue weighted by atomic mass is 35.5. The van der Waals surface area contributed by atoms with Gasteiger partial charge in [0.2, 0.25) is 11.8 Å². The molecular weight excluding hydrogens is 411 g/mol. The smallest absolute Gasteiger partial charge is 0.247 e. The van der Waals surface area contributed by atoms with Gasteiger partial charge < -0.3 is 19.7 Å². The van der Waals surface area contributed by atoms with Crippen molar-refractivity contribution in [1.29, 1.82) is 0 Å². The monoisotopic (exact) mass is 442 g/mol. The number of hydrogen-bond acceptors (Lipinski definition) is 4. The summed E-state index contributed by atoms with van der Waals surface area (Å²) in [6.45, 7) is 7.02. The van der Waals surface area contributed by atoms with Crippen LogP contribution in [0.5, 0.6) is 0 Å². The van der Waals surface area contributed by atoms with E-state index < -0.39 is 18.0 Å². The van der Waals surface area contributed by atoms with E-state index in [1.54, 1.807) is 44.9 Å². The van der Waals surface area contributed by atoms with Crippen LogP contribution >= 0.6 is 11.6 Å². The highest BCUT2D eigenvalue weighted by molar-refractivity contribution is 6.30. The van der Waals surface area contributed by atoms with E-state index in [-0.39, 0.29) is 30.3 Å². The lowest BCUT2D eigenvalue weighted by molar-refractivity contribution is -0.143. The number of piperidine rings is 1. The zero-order valence-electron chi connectivity index (χ0n) is 18.1. The highest BCUT2D eigenvalue weighted by Gasteiger charge is 2.34. The summed E-state index contributed by atoms with van der Waals surface area (Å²) in [5.41, 5.74) is 0.339. The van der Waals surface area contributed by atoms with Crippen molar-refractivity contribution in [2.24, 2.45) is 11.8 Å². The molecule has 1 aromatic rings. The number of halogens is 2. The summed E-state index contributed by atoms with van der Waals surface area (Å²) in [6.07, 6.45) is 1.25. The molecule has 0 bridgehead atoms. The van der Waals surface area contributed by atoms with E-state index in [0.29, 0.717) is 30.3 Å². The van der Waals surface area contributed by atoms with Crippen LogP contribution < -0.4 is 5.32 Å². The van der Waals surface area contributed by atoms with Crippen molar-refractivity contribution in [3.63, 3.8) is 0 Å². The van der Waals surface area contributed by atoms with Crippen molar-refractivity contribution in [3.05, 3.63) is 34.6 Å². The standard InChI is InChI=1S/C22H32ClFN2O4/c1-14(2)21(27)25-20(22(28)26-9-5-6-16(11-26)12-29-4)15(3)30-13-17-7-8-18(23)10-19(17)24/h7-8,10,14-16,20H,5-6,9,11-13H2,1-4H3,(H,25,27). The second kappa shape index (κ2) is 11.6. The van der Waals surface area contributed by atoms with E-state index >= 15 is 0 Å². The van der Waals surface area contributed by atoms with Crippen LogP contribution in [-0.4, -0.2) is 55.7 Å². The SMILES string of the molecule is COCC1CCCN(C(=O)C(NC(=O)C(C)C)C(C)OCc2ccc(Cl)cc2F)C1. The highest BCUT2D eigenvalue weighted by Crippen LogP contribution is 2.20. The molecule has 1 heterocycles. The molecule has 0 saturated carbocycles. The van der Waals surface area contributed by atoms with Gasteiger partial charge >= 0.3 is 0 Å². The summed E-state index contributed by atoms with van der Waals surface area (Å²) < 4.78 is 25.1. The zero-order valence-corrected chi connectivity index (χ0v) is 18.9. The lowest BCUT2D eigenvalue weighted by atomic mass is 9.97. The van der Waals surface area contributed by atoms with Crippen molar-refractivity contribution in [2.45, 2.75) is 52.4 Å². The van der Waals surface area contributed by atoms with Crippen LogP contribution in [0.25, 0.3) is 0 Å². The molecule has 1 aromatic carbocycles. The van der Waals surface area contributed by atoms with Crippen molar-refractivity contribution in [2.75, 3.05) is 26.8 Å². The Kier molecular flexibility index (Phi) is 9.52. The Labute approximate surface area is 183 Å². The van der Waals surface area contributed by atoms with Gasteiger partial charge in [0.1, 0.15) is 11.9 Å². The molecule has 168 valence electrons. The first-order valence-corrected chi connectivity index (χ1v) is 10.7. The molecule has 0 aromatic heterocycles. The maximum atomic E-state index is 14.1. The third-order valence-corrected chi connectivity index (χ3v) is 5.54. The lowest BCUT2D eigenvalue weighted by Gasteiger charge is -2.36. The van der Waals surface area contributed by atoms with Crippen molar-refractivity contribution < 1.29 is 23.5 Å². The first kappa shape index (κ1) is 24.6. The van der Waals surface area contributed by atoms with Gasteiger partial charge in [0.05, 0.1) is 19.3 Å². The van der Waals surface area contributed by atoms with E-state index in [0.717, 1.165) is 12.8 Å². The minimum atomic E-state index is -0.850. The average Bonchev–Trinajstić information content (AvgIpc) is 2.70. The van der Waals surface area contributed by atoms with Crippen LogP contribution in [0.3, 0.4) is 0 Å². The molecular formula is C22H32ClFN2O4. The Morgan fingerprint density at radius 1 is 1.33 bits per heavy atom. The zero-order chi connectivity index (χ0) is 22.3. The molecule has 0 aliphatic carbocycles. The van der Waals surface area contributed by atoms with E-state index in [2.05, 4.69) is 5.32 Å². The summed E-state index contributed by atoms with van der Waals surface area (Å²) in [5, 5.41) is 3.12. The predicted octanol–water partition coefficient (Wildman–Crippen LogP) is 3.41. The third kappa shape index (κ3) is 6.93. The van der Waals surface area contributed by atoms with Gasteiger partial charge in [0.15, 0.2) is 0 Å². The van der Waals surface area contributed by atoms with Crippen molar-refractivity contribution >= 4 is 23.4 Å². The Bertz CT molecular complexity index is 729. The van der Waals surface area contributed by atoms with Gasteiger partial charge in [-0.25, -0.2) is 4.39 Å². The molecule has 3 unspecified atom stereocenters. The van der Waals surface area contributed by atoms with Gasteiger partial charge in [0.25, 0.3) is 0 Å². The molecule has 8 heteroatoms. The van der Waals surface area contributed by atoms with Gasteiger partial charge in [-0.3, -0.25) is 9.59 Å². The number of rotatable bonds is 9. The summed E-state index contributed by atoms with van der Waals surface area (Å²) >= 11 is 5.79. The molecule has 2 amide bonds. The molecule has 3 atom stereocenters. The van der Waals surface area contributed by atoms with E-state index in [1.807, 2.05) is 0 Å². The second-order valence-electron chi connectivity index (χ2n) is 8.14. The van der Waals surface area contributed by atoms with Crippen LogP contribution in [0, 0.1) is 17.7 Å². The number of carbonyl (C=O) groups is 2. The molecule has 1 saturated heterocycles. The van der Waals surface area contributed by atoms with Gasteiger partial charge in [-0.1, -0.05) is 31.5 Å². The number of nitrogens with zero attached hydrogens (tertiary/aromatic N) is 1. The maximum Gasteiger partial charge on any atom is 0.247 e. The molecule has 1 aliphatic rings. The average molecular weight is 443 g/mol. The van der Waals surface area contributed by atoms with Crippen molar-refractivity contribution in [1.82, 2.24) is 10.2 Å². The summed E-state index contributed by atoms with van der Waals surface area (Å²) in [5.74, 6) is -0.889. The number of nitrogens with one attached hydrogen (secondary N) is 1. The number of likely N-dealkylation sites (tertiary alicyclic amines) is 1. The lowest BCUT2D eigenvalue weighted by Crippen LogP contribution is -2.56. The number of benzene rings is 1. The third-order valence-electron chi connectivity index (χ3n) is 5.31. The first-order chi connectivity index (χ1) is 14.2. The Morgan fingerprint density at radius 3 is 2.70 bits per heavy atom. The van der Waals surface area contributed by atoms with Gasteiger partial charge in [-0.05, 0) is 37.8 Å². The van der Waals surface area contributed by atoms with Gasteiger partial charge in [0, 0.05) is 36.7 Å². The van der Waals surface area contributed by atoms with E-state index in [1.165, 1.54) is 6.07 Å². The fourth-order valence-corrected chi connectivity index (χ4v) is 3.65. The molecule has 1 aliphatic heterocycles. The molecule has 6 nitrogen and oxygen atoms in total. The summed E-state index contributed by atoms with van der Waals surface area (Å²) in [7, 11) is 1.65. The van der Waals surface area contributed by atoms with E-state index in [9.17, 15) is 14.0 Å². The van der Waals surface area contributed by atoms with Crippen LogP contribution in [0.15, 0.2) is 18.2 Å². The molecule has 0 spiro atoms. The predicted molar refractivity (Wildman–Crippen MR) is 114 cm³/mol. The molecule has 1 fully saturated rings. The number of methoxy groups -OCH3 is 1. The topological polar surface area (TPSA) is 67.9 Å². The minimum absolute atomic E-state index is 0.0300. The fourth-order valence-electron chi connectivity index (χ4n) is 3.49. The second-order valence-corrected chi connectivity index (χ2v) is 8.58. The van der Waals surface area contributed by atoms with Crippen LogP contribution in [0.2, 0.25) is 5.02 Å². The summed E-state index contributed by atoms with van der Waals surface area (Å²) in [6, 6.07) is 3.50. The Morgan fingerprint density at radius 2 is 2.07 bits per heavy atom. The molecule has 1 N–H and O–H groups in total. The first-order valence-electron chi connectivity index (χ1n) is 10.4. The molecule has 0 radical (unpaired) electrons. The quantitative estimate of drug-likeness (QED) is 0.636. The van der Waals surface area contributed by atoms with Crippen LogP contribution in [0.4, 0.5) is 4.39 Å². The maximum absolute atomic E-state index is 14.1. The van der Waals surface area contributed by atoms with Crippen LogP contribution in [0.1, 0.15) is 39.2 Å². The number of carbonyl (C=O) groups excluding carboxylic acids is 2. The van der Waals surface area contributed by atoms with Crippen LogP contribution in [-0.2, 0) is 25.7 Å². The summed E-state index contributed by atoms with van der Waals surface area (Å²) in [4.78, 5) is 27.4. The fraction of sp³-hybridized carbons (Fsp3) is 0.636. The number of amides is 2. The van der Waals surface area contributed by atoms with E-state index in [4.69, 9.17) is 21.1 Å². The Balaban J connectivity index is 2.10. The largest absolute Gasteiger partial charge is 0.384 e. The number of ether oxygens (including phenoxy) is 2. The van der Waals surface area contributed by atoms with Gasteiger partial charge in [-0.2, -0.15) is 0 Å². The molecule has 30 heavy (non-hydrogen) atoms.